The van der Waals surface area contributed by atoms with Crippen LogP contribution in [0.3, 0.4) is 0 Å². The Morgan fingerprint density at radius 2 is 1.46 bits per heavy atom. The maximum absolute atomic E-state index is 18.0. The lowest BCUT2D eigenvalue weighted by atomic mass is 9.95. The van der Waals surface area contributed by atoms with Gasteiger partial charge in [-0.25, -0.2) is 22.8 Å². The Bertz CT molecular complexity index is 2930. The summed E-state index contributed by atoms with van der Waals surface area (Å²) < 4.78 is 88.3. The minimum atomic E-state index is -1.28. The second kappa shape index (κ2) is 29.5. The Morgan fingerprint density at radius 1 is 0.795 bits per heavy atom. The van der Waals surface area contributed by atoms with Crippen molar-refractivity contribution in [2.75, 3.05) is 50.9 Å². The van der Waals surface area contributed by atoms with Gasteiger partial charge >= 0.3 is 36.2 Å². The Labute approximate surface area is 483 Å². The number of fused-ring (bicyclic) bond motifs is 5. The zero-order chi connectivity index (χ0) is 59.0. The first-order chi connectivity index (χ1) is 40.1. The van der Waals surface area contributed by atoms with Gasteiger partial charge in [0.05, 0.1) is 28.6 Å². The number of unbranched alkanes of at least 4 members (excludes halogenated alkanes) is 10. The van der Waals surface area contributed by atoms with Gasteiger partial charge in [-0.2, -0.15) is 9.97 Å². The highest BCUT2D eigenvalue weighted by molar-refractivity contribution is 6.03. The molecule has 5 atom stereocenters. The third-order valence-corrected chi connectivity index (χ3v) is 16.1. The molecule has 3 unspecified atom stereocenters. The number of alkyl halides is 1. The first kappa shape index (κ1) is 62.1. The molecule has 0 spiro atoms. The van der Waals surface area contributed by atoms with Crippen molar-refractivity contribution in [1.29, 1.82) is 0 Å². The van der Waals surface area contributed by atoms with E-state index in [1.165, 1.54) is 31.3 Å². The molecule has 4 aliphatic heterocycles. The standard InChI is InChI=1S/C62H79F3N6O12/c1-6-10-12-14-16-18-22-51(72)77-37-46(38-78-52(73)23-19-17-15-13-11-7-2)83-61(76)82-45-30-41-24-27-50(64)47(9-4)54(41)48(31-45)56-55(65)57-49(33-66-56)58(68-59(67-57)79-39-62-28-20-29-70(62)34-42(63)32-62)69-35-43-25-26-44(36-69)71(43)60(75)81-40(5)80-53(74)21-8-3/h4,24,27,30-31,33,40,42-44,46H,6-8,10-23,25-26,28-29,32,34-39H2,1-3,5H3/t40?,42-,43?,44?,62+/m1/s1. The monoisotopic (exact) mass is 1160 g/mol. The second-order valence-corrected chi connectivity index (χ2v) is 22.4. The normalized spacial score (nSPS) is 19.6. The molecule has 2 bridgehead atoms. The summed E-state index contributed by atoms with van der Waals surface area (Å²) in [7, 11) is 0. The zero-order valence-electron chi connectivity index (χ0n) is 48.4. The Kier molecular flexibility index (Phi) is 22.1. The number of terminal acetylenes is 1. The quantitative estimate of drug-likeness (QED) is 0.0124. The van der Waals surface area contributed by atoms with Gasteiger partial charge < -0.3 is 38.1 Å². The van der Waals surface area contributed by atoms with E-state index in [0.29, 0.717) is 45.1 Å². The Hall–Kier alpha value is -6.95. The van der Waals surface area contributed by atoms with Crippen LogP contribution in [0.15, 0.2) is 30.5 Å². The van der Waals surface area contributed by atoms with Crippen LogP contribution in [-0.4, -0.2) is 137 Å². The molecule has 4 aliphatic rings. The molecule has 2 aromatic heterocycles. The molecule has 83 heavy (non-hydrogen) atoms. The summed E-state index contributed by atoms with van der Waals surface area (Å²) in [6.45, 7) is 8.18. The molecule has 0 radical (unpaired) electrons. The summed E-state index contributed by atoms with van der Waals surface area (Å²) >= 11 is 0. The van der Waals surface area contributed by atoms with Gasteiger partial charge in [0.1, 0.15) is 54.6 Å². The van der Waals surface area contributed by atoms with Gasteiger partial charge in [-0.15, -0.1) is 6.42 Å². The molecule has 4 fully saturated rings. The van der Waals surface area contributed by atoms with E-state index in [0.717, 1.165) is 76.7 Å². The van der Waals surface area contributed by atoms with Gasteiger partial charge in [-0.05, 0) is 75.1 Å². The number of aromatic nitrogens is 3. The summed E-state index contributed by atoms with van der Waals surface area (Å²) in [6.07, 6.45) is 17.5. The average Bonchev–Trinajstić information content (AvgIpc) is 2.81. The second-order valence-electron chi connectivity index (χ2n) is 22.4. The highest BCUT2D eigenvalue weighted by Gasteiger charge is 2.50. The molecule has 0 aliphatic carbocycles. The topological polar surface area (TPSA) is 198 Å². The summed E-state index contributed by atoms with van der Waals surface area (Å²) in [5.41, 5.74) is -1.51. The number of rotatable bonds is 29. The lowest BCUT2D eigenvalue weighted by Crippen LogP contribution is -2.56. The van der Waals surface area contributed by atoms with E-state index in [9.17, 15) is 28.4 Å². The lowest BCUT2D eigenvalue weighted by molar-refractivity contribution is -0.166. The maximum Gasteiger partial charge on any atom is 0.514 e. The first-order valence-corrected chi connectivity index (χ1v) is 29.9. The molecule has 0 saturated carbocycles. The van der Waals surface area contributed by atoms with Gasteiger partial charge in [-0.1, -0.05) is 97.0 Å². The predicted molar refractivity (Wildman–Crippen MR) is 303 cm³/mol. The van der Waals surface area contributed by atoms with E-state index in [4.69, 9.17) is 44.6 Å². The molecule has 0 N–H and O–H groups in total. The van der Waals surface area contributed by atoms with Crippen LogP contribution in [0.5, 0.6) is 11.8 Å². The van der Waals surface area contributed by atoms with Crippen molar-refractivity contribution >= 4 is 57.6 Å². The fourth-order valence-electron chi connectivity index (χ4n) is 12.0. The Morgan fingerprint density at radius 3 is 2.11 bits per heavy atom. The van der Waals surface area contributed by atoms with E-state index in [-0.39, 0.29) is 120 Å². The van der Waals surface area contributed by atoms with Crippen LogP contribution >= 0.6 is 0 Å². The molecule has 18 nitrogen and oxygen atoms in total. The number of nitrogens with zero attached hydrogens (tertiary/aromatic N) is 6. The third kappa shape index (κ3) is 15.8. The number of hydrogen-bond acceptors (Lipinski definition) is 17. The minimum absolute atomic E-state index is 0.0266. The van der Waals surface area contributed by atoms with Crippen molar-refractivity contribution in [3.05, 3.63) is 47.7 Å². The first-order valence-electron chi connectivity index (χ1n) is 29.9. The van der Waals surface area contributed by atoms with Gasteiger partial charge in [0.15, 0.2) is 11.9 Å². The number of carbonyl (C=O) groups is 5. The average molecular weight is 1160 g/mol. The summed E-state index contributed by atoms with van der Waals surface area (Å²) in [5.74, 6) is -0.836. The van der Waals surface area contributed by atoms with E-state index >= 15 is 8.78 Å². The molecular weight excluding hydrogens is 1080 g/mol. The number of halogens is 3. The van der Waals surface area contributed by atoms with Crippen molar-refractivity contribution in [2.24, 2.45) is 0 Å². The minimum Gasteiger partial charge on any atom is -0.462 e. The van der Waals surface area contributed by atoms with Crippen LogP contribution in [0.1, 0.15) is 168 Å². The molecule has 8 rings (SSSR count). The molecule has 1 amide bonds. The molecular formula is C62H79F3N6O12. The van der Waals surface area contributed by atoms with Gasteiger partial charge in [0, 0.05) is 69.4 Å². The number of amides is 1. The van der Waals surface area contributed by atoms with E-state index < -0.39 is 79.1 Å². The highest BCUT2D eigenvalue weighted by atomic mass is 19.1. The fraction of sp³-hybridized carbons (Fsp3) is 0.613. The molecule has 4 aromatic rings. The van der Waals surface area contributed by atoms with Crippen molar-refractivity contribution in [3.63, 3.8) is 0 Å². The number of pyridine rings is 1. The van der Waals surface area contributed by atoms with Crippen LogP contribution in [0.2, 0.25) is 0 Å². The maximum atomic E-state index is 18.0. The lowest BCUT2D eigenvalue weighted by Gasteiger charge is -2.41. The van der Waals surface area contributed by atoms with Crippen LogP contribution in [0.25, 0.3) is 32.9 Å². The Balaban J connectivity index is 1.08. The van der Waals surface area contributed by atoms with Crippen molar-refractivity contribution in [1.82, 2.24) is 24.8 Å². The summed E-state index contributed by atoms with van der Waals surface area (Å²) in [5, 5.41) is 0.472. The molecule has 2 aromatic carbocycles. The molecule has 4 saturated heterocycles. The summed E-state index contributed by atoms with van der Waals surface area (Å²) in [4.78, 5) is 84.9. The molecule has 21 heteroatoms. The molecule has 450 valence electrons. The molecule has 6 heterocycles. The smallest absolute Gasteiger partial charge is 0.462 e. The number of hydrogen-bond donors (Lipinski definition) is 0. The largest absolute Gasteiger partial charge is 0.514 e. The number of esters is 3. The van der Waals surface area contributed by atoms with Crippen LogP contribution in [0.4, 0.5) is 28.6 Å². The van der Waals surface area contributed by atoms with Crippen LogP contribution < -0.4 is 14.4 Å². The van der Waals surface area contributed by atoms with Crippen molar-refractivity contribution < 1.29 is 70.3 Å². The highest BCUT2D eigenvalue weighted by Crippen LogP contribution is 2.43. The van der Waals surface area contributed by atoms with Gasteiger partial charge in [0.2, 0.25) is 6.29 Å². The number of anilines is 1. The summed E-state index contributed by atoms with van der Waals surface area (Å²) in [6, 6.07) is 4.22. The van der Waals surface area contributed by atoms with Crippen LogP contribution in [-0.2, 0) is 38.1 Å². The van der Waals surface area contributed by atoms with E-state index in [1.807, 2.05) is 11.8 Å². The van der Waals surface area contributed by atoms with Crippen molar-refractivity contribution in [2.45, 2.75) is 199 Å². The zero-order valence-corrected chi connectivity index (χ0v) is 48.4. The third-order valence-electron chi connectivity index (χ3n) is 16.1. The number of benzene rings is 2. The number of piperazine rings is 1. The van der Waals surface area contributed by atoms with E-state index in [1.54, 1.807) is 4.90 Å². The van der Waals surface area contributed by atoms with Gasteiger partial charge in [-0.3, -0.25) is 29.2 Å². The van der Waals surface area contributed by atoms with E-state index in [2.05, 4.69) is 34.6 Å². The van der Waals surface area contributed by atoms with Crippen molar-refractivity contribution in [3.8, 4) is 35.4 Å². The van der Waals surface area contributed by atoms with Gasteiger partial charge in [0.25, 0.3) is 0 Å². The number of ether oxygens (including phenoxy) is 7. The van der Waals surface area contributed by atoms with Crippen LogP contribution in [0, 0.1) is 24.0 Å². The SMILES string of the molecule is C#Cc1c(F)ccc2cc(OC(=O)OC(COC(=O)CCCCCCCC)COC(=O)CCCCCCCC)cc(-c3ncc4c(N5CC6CCC(C5)N6C(=O)OC(C)OC(=O)CCC)nc(OC[C@@]56CCCN5C[C@H](F)C6)nc4c3F)c12. The predicted octanol–water partition coefficient (Wildman–Crippen LogP) is 12.0. The fourth-order valence-corrected chi connectivity index (χ4v) is 12.0. The number of carbonyl (C=O) groups excluding carboxylic acids is 5.